The van der Waals surface area contributed by atoms with Crippen LogP contribution < -0.4 is 19.4 Å². The lowest BCUT2D eigenvalue weighted by Gasteiger charge is -2.34. The summed E-state index contributed by atoms with van der Waals surface area (Å²) >= 11 is 5.91. The fraction of sp³-hybridized carbons (Fsp3) is 0.577. The molecule has 41 heavy (non-hydrogen) atoms. The fourth-order valence-electron chi connectivity index (χ4n) is 5.83. The number of anilines is 2. The summed E-state index contributed by atoms with van der Waals surface area (Å²) in [5.74, 6) is -1.74. The zero-order valence-electron chi connectivity index (χ0n) is 22.5. The molecule has 3 aliphatic rings. The van der Waals surface area contributed by atoms with Crippen LogP contribution in [0.3, 0.4) is 0 Å². The topological polar surface area (TPSA) is 106 Å². The SMILES string of the molecule is C[C@H](Oc1cnc(N2C[C@H](NCl)[C@@H](c3cc(F)c(F)cc3F)C2)nc1)C1CCN(c2nnn([C@@H]3CCOC3)n2)CC1. The molecule has 0 aliphatic carbocycles. The largest absolute Gasteiger partial charge is 0.487 e. The number of hydrogen-bond donors (Lipinski definition) is 1. The molecule has 3 saturated heterocycles. The van der Waals surface area contributed by atoms with Gasteiger partial charge in [-0.05, 0) is 60.7 Å². The molecule has 220 valence electrons. The number of piperidine rings is 1. The molecule has 6 rings (SSSR count). The van der Waals surface area contributed by atoms with Crippen LogP contribution in [0, 0.1) is 23.4 Å². The quantitative estimate of drug-likeness (QED) is 0.309. The Morgan fingerprint density at radius 1 is 1.00 bits per heavy atom. The summed E-state index contributed by atoms with van der Waals surface area (Å²) in [4.78, 5) is 17.1. The second kappa shape index (κ2) is 11.9. The second-order valence-electron chi connectivity index (χ2n) is 10.8. The summed E-state index contributed by atoms with van der Waals surface area (Å²) in [6.45, 7) is 5.65. The van der Waals surface area contributed by atoms with E-state index in [4.69, 9.17) is 21.3 Å². The van der Waals surface area contributed by atoms with E-state index in [1.807, 2.05) is 11.8 Å². The normalized spacial score (nSPS) is 24.3. The lowest BCUT2D eigenvalue weighted by atomic mass is 9.92. The van der Waals surface area contributed by atoms with E-state index in [9.17, 15) is 13.2 Å². The molecule has 0 amide bonds. The van der Waals surface area contributed by atoms with Crippen LogP contribution in [0.1, 0.15) is 43.7 Å². The molecule has 15 heteroatoms. The molecule has 3 aliphatic heterocycles. The van der Waals surface area contributed by atoms with Gasteiger partial charge in [-0.2, -0.15) is 4.80 Å². The molecule has 0 spiro atoms. The van der Waals surface area contributed by atoms with Crippen LogP contribution in [0.25, 0.3) is 0 Å². The van der Waals surface area contributed by atoms with Crippen LogP contribution in [-0.2, 0) is 4.74 Å². The Kier molecular flexibility index (Phi) is 8.13. The number of aromatic nitrogens is 6. The Hall–Kier alpha value is -3.23. The molecular weight excluding hydrogens is 563 g/mol. The van der Waals surface area contributed by atoms with E-state index in [0.29, 0.717) is 42.8 Å². The monoisotopic (exact) mass is 593 g/mol. The average molecular weight is 594 g/mol. The van der Waals surface area contributed by atoms with E-state index in [0.717, 1.165) is 45.0 Å². The van der Waals surface area contributed by atoms with E-state index >= 15 is 0 Å². The first-order valence-corrected chi connectivity index (χ1v) is 14.1. The molecule has 3 aromatic rings. The van der Waals surface area contributed by atoms with Gasteiger partial charge in [-0.15, -0.1) is 5.10 Å². The Labute approximate surface area is 240 Å². The predicted molar refractivity (Wildman–Crippen MR) is 143 cm³/mol. The summed E-state index contributed by atoms with van der Waals surface area (Å²) in [6, 6.07) is 1.18. The van der Waals surface area contributed by atoms with Crippen molar-refractivity contribution in [2.75, 3.05) is 49.2 Å². The van der Waals surface area contributed by atoms with E-state index in [1.54, 1.807) is 17.2 Å². The molecule has 5 heterocycles. The highest BCUT2D eigenvalue weighted by molar-refractivity contribution is 6.13. The first kappa shape index (κ1) is 27.9. The van der Waals surface area contributed by atoms with Crippen molar-refractivity contribution in [2.24, 2.45) is 5.92 Å². The number of hydrogen-bond acceptors (Lipinski definition) is 10. The van der Waals surface area contributed by atoms with Gasteiger partial charge in [-0.3, -0.25) is 0 Å². The summed E-state index contributed by atoms with van der Waals surface area (Å²) in [5, 5.41) is 13.0. The molecule has 2 aromatic heterocycles. The summed E-state index contributed by atoms with van der Waals surface area (Å²) in [6.07, 6.45) is 5.91. The number of halogens is 4. The molecule has 0 unspecified atom stereocenters. The van der Waals surface area contributed by atoms with Crippen molar-refractivity contribution in [2.45, 2.75) is 50.3 Å². The molecule has 0 radical (unpaired) electrons. The highest BCUT2D eigenvalue weighted by Gasteiger charge is 2.37. The Morgan fingerprint density at radius 3 is 2.46 bits per heavy atom. The van der Waals surface area contributed by atoms with E-state index in [-0.39, 0.29) is 24.3 Å². The first-order valence-electron chi connectivity index (χ1n) is 13.8. The minimum Gasteiger partial charge on any atom is -0.487 e. The smallest absolute Gasteiger partial charge is 0.266 e. The minimum absolute atomic E-state index is 0.0492. The van der Waals surface area contributed by atoms with Crippen molar-refractivity contribution < 1.29 is 22.6 Å². The van der Waals surface area contributed by atoms with Gasteiger partial charge in [0.25, 0.3) is 5.95 Å². The molecule has 1 aromatic carbocycles. The minimum atomic E-state index is -1.23. The first-order chi connectivity index (χ1) is 19.9. The van der Waals surface area contributed by atoms with Gasteiger partial charge in [-0.1, -0.05) is 5.10 Å². The van der Waals surface area contributed by atoms with Crippen molar-refractivity contribution in [1.29, 1.82) is 0 Å². The van der Waals surface area contributed by atoms with Crippen molar-refractivity contribution in [3.63, 3.8) is 0 Å². The molecule has 0 saturated carbocycles. The zero-order chi connectivity index (χ0) is 28.5. The van der Waals surface area contributed by atoms with Gasteiger partial charge >= 0.3 is 0 Å². The van der Waals surface area contributed by atoms with E-state index < -0.39 is 29.4 Å². The third-order valence-corrected chi connectivity index (χ3v) is 8.53. The van der Waals surface area contributed by atoms with Gasteiger partial charge < -0.3 is 19.3 Å². The van der Waals surface area contributed by atoms with Crippen molar-refractivity contribution in [3.05, 3.63) is 47.5 Å². The molecular formula is C26H31ClF3N9O2. The van der Waals surface area contributed by atoms with Gasteiger partial charge in [-0.25, -0.2) is 28.0 Å². The van der Waals surface area contributed by atoms with Gasteiger partial charge in [0.1, 0.15) is 5.82 Å². The molecule has 3 fully saturated rings. The summed E-state index contributed by atoms with van der Waals surface area (Å²) in [5.41, 5.74) is 0.0492. The van der Waals surface area contributed by atoms with Crippen LogP contribution in [0.15, 0.2) is 24.5 Å². The van der Waals surface area contributed by atoms with Gasteiger partial charge in [0.15, 0.2) is 17.4 Å². The maximum atomic E-state index is 14.5. The van der Waals surface area contributed by atoms with Gasteiger partial charge in [0, 0.05) is 50.8 Å². The van der Waals surface area contributed by atoms with Gasteiger partial charge in [0.05, 0.1) is 31.1 Å². The number of benzene rings is 1. The fourth-order valence-corrected chi connectivity index (χ4v) is 6.05. The van der Waals surface area contributed by atoms with E-state index in [2.05, 4.69) is 35.1 Å². The number of tetrazole rings is 1. The lowest BCUT2D eigenvalue weighted by molar-refractivity contribution is 0.132. The molecule has 11 nitrogen and oxygen atoms in total. The van der Waals surface area contributed by atoms with Crippen molar-refractivity contribution in [3.8, 4) is 5.75 Å². The number of rotatable bonds is 8. The standard InChI is InChI=1S/C26H31ClF3N9O2/c1-15(16-2-5-37(6-3-16)26-34-36-39(35-26)17-4-7-40-14-17)41-18-10-31-25(32-11-18)38-12-20(24(13-38)33-27)19-8-22(29)23(30)9-21(19)28/h8-11,15-17,20,24,33H,2-7,12-14H2,1H3/t15-,17+,20+,24-/m0/s1. The number of nitrogens with zero attached hydrogens (tertiary/aromatic N) is 8. The van der Waals surface area contributed by atoms with Crippen LogP contribution in [0.2, 0.25) is 0 Å². The van der Waals surface area contributed by atoms with Crippen molar-refractivity contribution >= 4 is 23.7 Å². The summed E-state index contributed by atoms with van der Waals surface area (Å²) in [7, 11) is 0. The van der Waals surface area contributed by atoms with E-state index in [1.165, 1.54) is 0 Å². The lowest BCUT2D eigenvalue weighted by Crippen LogP contribution is -2.39. The maximum Gasteiger partial charge on any atom is 0.266 e. The third-order valence-electron chi connectivity index (χ3n) is 8.25. The van der Waals surface area contributed by atoms with Crippen LogP contribution in [0.4, 0.5) is 25.1 Å². The predicted octanol–water partition coefficient (Wildman–Crippen LogP) is 3.24. The Bertz CT molecular complexity index is 1340. The van der Waals surface area contributed by atoms with Crippen LogP contribution >= 0.6 is 11.8 Å². The molecule has 4 atom stereocenters. The summed E-state index contributed by atoms with van der Waals surface area (Å²) < 4.78 is 53.3. The molecule has 1 N–H and O–H groups in total. The number of nitrogens with one attached hydrogen (secondary N) is 1. The Balaban J connectivity index is 1.03. The maximum absolute atomic E-state index is 14.5. The highest BCUT2D eigenvalue weighted by Crippen LogP contribution is 2.33. The molecule has 0 bridgehead atoms. The van der Waals surface area contributed by atoms with Crippen LogP contribution in [0.5, 0.6) is 5.75 Å². The zero-order valence-corrected chi connectivity index (χ0v) is 23.2. The highest BCUT2D eigenvalue weighted by atomic mass is 35.5. The van der Waals surface area contributed by atoms with Crippen LogP contribution in [-0.4, -0.2) is 81.7 Å². The number of ether oxygens (including phenoxy) is 2. The Morgan fingerprint density at radius 2 is 1.76 bits per heavy atom. The van der Waals surface area contributed by atoms with Gasteiger partial charge in [0.2, 0.25) is 5.95 Å². The second-order valence-corrected chi connectivity index (χ2v) is 11.0. The third kappa shape index (κ3) is 5.90. The van der Waals surface area contributed by atoms with Crippen molar-refractivity contribution in [1.82, 2.24) is 35.0 Å². The average Bonchev–Trinajstić information content (AvgIpc) is 3.76.